The molecule has 0 aliphatic carbocycles. The first-order chi connectivity index (χ1) is 9.63. The molecule has 0 saturated carbocycles. The zero-order valence-electron chi connectivity index (χ0n) is 11.5. The second-order valence-electron chi connectivity index (χ2n) is 5.33. The number of aromatic nitrogens is 3. The van der Waals surface area contributed by atoms with Crippen molar-refractivity contribution in [2.75, 3.05) is 18.0 Å². The summed E-state index contributed by atoms with van der Waals surface area (Å²) in [7, 11) is 0. The van der Waals surface area contributed by atoms with Crippen molar-refractivity contribution in [3.8, 4) is 17.1 Å². The minimum Gasteiger partial charge on any atom is -0.508 e. The monoisotopic (exact) mass is 273 g/mol. The Morgan fingerprint density at radius 1 is 1.45 bits per heavy atom. The lowest BCUT2D eigenvalue weighted by atomic mass is 10.1. The molecule has 1 atom stereocenters. The number of nitrogens with two attached hydrogens (primary N) is 1. The summed E-state index contributed by atoms with van der Waals surface area (Å²) < 4.78 is 0. The molecule has 6 nitrogen and oxygen atoms in total. The van der Waals surface area contributed by atoms with Crippen molar-refractivity contribution in [2.45, 2.75) is 25.8 Å². The normalized spacial score (nSPS) is 19.3. The van der Waals surface area contributed by atoms with Gasteiger partial charge < -0.3 is 15.7 Å². The Bertz CT molecular complexity index is 609. The third kappa shape index (κ3) is 2.46. The third-order valence-electron chi connectivity index (χ3n) is 3.68. The molecule has 1 fully saturated rings. The molecule has 2 heterocycles. The van der Waals surface area contributed by atoms with E-state index in [0.29, 0.717) is 5.95 Å². The van der Waals surface area contributed by atoms with Crippen molar-refractivity contribution < 1.29 is 5.11 Å². The van der Waals surface area contributed by atoms with Crippen LogP contribution in [0.2, 0.25) is 0 Å². The van der Waals surface area contributed by atoms with Gasteiger partial charge in [-0.05, 0) is 43.5 Å². The van der Waals surface area contributed by atoms with Crippen LogP contribution in [0.25, 0.3) is 11.4 Å². The van der Waals surface area contributed by atoms with Crippen LogP contribution in [0.1, 0.15) is 18.4 Å². The summed E-state index contributed by atoms with van der Waals surface area (Å²) in [4.78, 5) is 6.67. The third-order valence-corrected chi connectivity index (χ3v) is 3.68. The standard InChI is InChI=1S/C14H19N5O/c1-9-7-11(20)4-5-12(9)13-16-14(18-17-13)19-6-2-3-10(15)8-19/h4-5,7,10,20H,2-3,6,8,15H2,1H3,(H,16,17,18). The average Bonchev–Trinajstić information content (AvgIpc) is 2.88. The van der Waals surface area contributed by atoms with Crippen molar-refractivity contribution in [1.82, 2.24) is 15.2 Å². The highest BCUT2D eigenvalue weighted by Crippen LogP contribution is 2.25. The number of nitrogens with one attached hydrogen (secondary N) is 1. The van der Waals surface area contributed by atoms with E-state index in [0.717, 1.165) is 42.9 Å². The largest absolute Gasteiger partial charge is 0.508 e. The Balaban J connectivity index is 1.86. The maximum Gasteiger partial charge on any atom is 0.245 e. The van der Waals surface area contributed by atoms with Crippen LogP contribution >= 0.6 is 0 Å². The Hall–Kier alpha value is -2.08. The summed E-state index contributed by atoms with van der Waals surface area (Å²) in [5.41, 5.74) is 7.89. The molecular formula is C14H19N5O. The Labute approximate surface area is 117 Å². The second-order valence-corrected chi connectivity index (χ2v) is 5.33. The molecule has 4 N–H and O–H groups in total. The number of aromatic hydroxyl groups is 1. The smallest absolute Gasteiger partial charge is 0.245 e. The first-order valence-electron chi connectivity index (χ1n) is 6.86. The SMILES string of the molecule is Cc1cc(O)ccc1-c1nc(N2CCCC(N)C2)n[nH]1. The highest BCUT2D eigenvalue weighted by molar-refractivity contribution is 5.62. The highest BCUT2D eigenvalue weighted by Gasteiger charge is 2.20. The number of H-pyrrole nitrogens is 1. The molecule has 106 valence electrons. The van der Waals surface area contributed by atoms with Crippen LogP contribution in [0.5, 0.6) is 5.75 Å². The van der Waals surface area contributed by atoms with Crippen molar-refractivity contribution >= 4 is 5.95 Å². The van der Waals surface area contributed by atoms with Gasteiger partial charge in [-0.2, -0.15) is 4.98 Å². The predicted octanol–water partition coefficient (Wildman–Crippen LogP) is 1.41. The van der Waals surface area contributed by atoms with Crippen molar-refractivity contribution in [1.29, 1.82) is 0 Å². The molecule has 1 aliphatic heterocycles. The van der Waals surface area contributed by atoms with E-state index in [2.05, 4.69) is 20.1 Å². The highest BCUT2D eigenvalue weighted by atomic mass is 16.3. The molecule has 20 heavy (non-hydrogen) atoms. The Morgan fingerprint density at radius 3 is 3.05 bits per heavy atom. The maximum atomic E-state index is 9.45. The van der Waals surface area contributed by atoms with E-state index in [1.165, 1.54) is 0 Å². The van der Waals surface area contributed by atoms with Gasteiger partial charge in [0.05, 0.1) is 0 Å². The van der Waals surface area contributed by atoms with Crippen LogP contribution in [0.15, 0.2) is 18.2 Å². The fraction of sp³-hybridized carbons (Fsp3) is 0.429. The van der Waals surface area contributed by atoms with Crippen molar-refractivity contribution in [3.63, 3.8) is 0 Å². The van der Waals surface area contributed by atoms with E-state index >= 15 is 0 Å². The molecule has 0 spiro atoms. The fourth-order valence-corrected chi connectivity index (χ4v) is 2.62. The summed E-state index contributed by atoms with van der Waals surface area (Å²) in [5.74, 6) is 1.67. The number of aromatic amines is 1. The molecule has 1 saturated heterocycles. The van der Waals surface area contributed by atoms with E-state index in [-0.39, 0.29) is 11.8 Å². The summed E-state index contributed by atoms with van der Waals surface area (Å²) >= 11 is 0. The molecule has 2 aromatic rings. The minimum atomic E-state index is 0.195. The van der Waals surface area contributed by atoms with Gasteiger partial charge in [0.15, 0.2) is 5.82 Å². The second kappa shape index (κ2) is 5.13. The number of anilines is 1. The van der Waals surface area contributed by atoms with Gasteiger partial charge in [0.1, 0.15) is 5.75 Å². The quantitative estimate of drug-likeness (QED) is 0.769. The first kappa shape index (κ1) is 12.9. The number of aryl methyl sites for hydroxylation is 1. The molecule has 1 aromatic heterocycles. The van der Waals surface area contributed by atoms with Crippen LogP contribution in [-0.2, 0) is 0 Å². The number of benzene rings is 1. The van der Waals surface area contributed by atoms with E-state index in [9.17, 15) is 5.11 Å². The summed E-state index contributed by atoms with van der Waals surface area (Å²) in [6, 6.07) is 5.41. The molecule has 0 radical (unpaired) electrons. The van der Waals surface area contributed by atoms with Crippen LogP contribution in [0.4, 0.5) is 5.95 Å². The molecule has 3 rings (SSSR count). The summed E-state index contributed by atoms with van der Waals surface area (Å²) in [5, 5.41) is 16.7. The van der Waals surface area contributed by atoms with E-state index < -0.39 is 0 Å². The van der Waals surface area contributed by atoms with Gasteiger partial charge in [0.2, 0.25) is 5.95 Å². The molecule has 0 amide bonds. The lowest BCUT2D eigenvalue weighted by Crippen LogP contribution is -2.43. The zero-order chi connectivity index (χ0) is 14.1. The lowest BCUT2D eigenvalue weighted by molar-refractivity contribution is 0.475. The van der Waals surface area contributed by atoms with Gasteiger partial charge in [-0.3, -0.25) is 5.10 Å². The van der Waals surface area contributed by atoms with Gasteiger partial charge in [0.25, 0.3) is 0 Å². The Kier molecular flexibility index (Phi) is 3.31. The van der Waals surface area contributed by atoms with Gasteiger partial charge in [0, 0.05) is 24.7 Å². The van der Waals surface area contributed by atoms with Crippen LogP contribution in [0, 0.1) is 6.92 Å². The molecule has 1 aromatic carbocycles. The number of phenolic OH excluding ortho intramolecular Hbond substituents is 1. The van der Waals surface area contributed by atoms with Gasteiger partial charge in [-0.25, -0.2) is 0 Å². The topological polar surface area (TPSA) is 91.1 Å². The fourth-order valence-electron chi connectivity index (χ4n) is 2.62. The van der Waals surface area contributed by atoms with Gasteiger partial charge in [-0.15, -0.1) is 5.10 Å². The van der Waals surface area contributed by atoms with Gasteiger partial charge >= 0.3 is 0 Å². The van der Waals surface area contributed by atoms with Crippen LogP contribution < -0.4 is 10.6 Å². The van der Waals surface area contributed by atoms with E-state index in [1.807, 2.05) is 13.0 Å². The van der Waals surface area contributed by atoms with Crippen molar-refractivity contribution in [2.24, 2.45) is 5.73 Å². The summed E-state index contributed by atoms with van der Waals surface area (Å²) in [6.45, 7) is 3.68. The van der Waals surface area contributed by atoms with Crippen LogP contribution in [-0.4, -0.2) is 39.4 Å². The number of nitrogens with zero attached hydrogens (tertiary/aromatic N) is 3. The molecular weight excluding hydrogens is 254 g/mol. The minimum absolute atomic E-state index is 0.195. The molecule has 0 bridgehead atoms. The van der Waals surface area contributed by atoms with Gasteiger partial charge in [-0.1, -0.05) is 0 Å². The number of hydrogen-bond acceptors (Lipinski definition) is 5. The molecule has 6 heteroatoms. The van der Waals surface area contributed by atoms with Crippen molar-refractivity contribution in [3.05, 3.63) is 23.8 Å². The number of phenols is 1. The predicted molar refractivity (Wildman–Crippen MR) is 77.6 cm³/mol. The Morgan fingerprint density at radius 2 is 2.30 bits per heavy atom. The van der Waals surface area contributed by atoms with Crippen LogP contribution in [0.3, 0.4) is 0 Å². The first-order valence-corrected chi connectivity index (χ1v) is 6.86. The molecule has 1 unspecified atom stereocenters. The number of rotatable bonds is 2. The van der Waals surface area contributed by atoms with E-state index in [4.69, 9.17) is 5.73 Å². The lowest BCUT2D eigenvalue weighted by Gasteiger charge is -2.29. The number of hydrogen-bond donors (Lipinski definition) is 3. The average molecular weight is 273 g/mol. The summed E-state index contributed by atoms with van der Waals surface area (Å²) in [6.07, 6.45) is 2.13. The van der Waals surface area contributed by atoms with E-state index in [1.54, 1.807) is 12.1 Å². The number of piperidine rings is 1. The molecule has 1 aliphatic rings. The maximum absolute atomic E-state index is 9.45. The zero-order valence-corrected chi connectivity index (χ0v) is 11.5.